The van der Waals surface area contributed by atoms with Gasteiger partial charge in [-0.15, -0.1) is 22.7 Å². The first-order valence-corrected chi connectivity index (χ1v) is 8.93. The number of carbonyl (C=O) groups excluding carboxylic acids is 2. The van der Waals surface area contributed by atoms with Crippen LogP contribution in [0.3, 0.4) is 0 Å². The van der Waals surface area contributed by atoms with Crippen molar-refractivity contribution in [1.82, 2.24) is 9.88 Å². The van der Waals surface area contributed by atoms with Gasteiger partial charge in [-0.05, 0) is 30.4 Å². The minimum absolute atomic E-state index is 0.0438. The number of aromatic nitrogens is 1. The lowest BCUT2D eigenvalue weighted by Gasteiger charge is -2.27. The van der Waals surface area contributed by atoms with E-state index in [4.69, 9.17) is 0 Å². The van der Waals surface area contributed by atoms with E-state index < -0.39 is 0 Å². The molecule has 1 aliphatic rings. The molecule has 5 nitrogen and oxygen atoms in total. The average Bonchev–Trinajstić information content (AvgIpc) is 3.12. The molecule has 0 bridgehead atoms. The first-order chi connectivity index (χ1) is 10.6. The molecule has 2 aromatic rings. The van der Waals surface area contributed by atoms with Gasteiger partial charge in [-0.1, -0.05) is 0 Å². The number of carbonyl (C=O) groups is 2. The summed E-state index contributed by atoms with van der Waals surface area (Å²) in [6.07, 6.45) is 1.36. The highest BCUT2D eigenvalue weighted by Gasteiger charge is 2.21. The van der Waals surface area contributed by atoms with Crippen molar-refractivity contribution >= 4 is 39.6 Å². The number of rotatable bonds is 4. The second kappa shape index (κ2) is 6.58. The van der Waals surface area contributed by atoms with Crippen LogP contribution in [0.15, 0.2) is 16.8 Å². The smallest absolute Gasteiger partial charge is 0.226 e. The molecule has 0 spiro atoms. The predicted molar refractivity (Wildman–Crippen MR) is 88.2 cm³/mol. The second-order valence-electron chi connectivity index (χ2n) is 5.28. The zero-order valence-corrected chi connectivity index (χ0v) is 13.9. The van der Waals surface area contributed by atoms with Gasteiger partial charge in [0.15, 0.2) is 5.13 Å². The molecule has 2 amide bonds. The Labute approximate surface area is 137 Å². The zero-order chi connectivity index (χ0) is 15.5. The van der Waals surface area contributed by atoms with Gasteiger partial charge in [0.05, 0.1) is 5.69 Å². The van der Waals surface area contributed by atoms with Crippen molar-refractivity contribution in [3.05, 3.63) is 33.0 Å². The van der Waals surface area contributed by atoms with Crippen molar-refractivity contribution in [2.75, 3.05) is 11.9 Å². The molecule has 0 atom stereocenters. The Morgan fingerprint density at radius 2 is 2.23 bits per heavy atom. The van der Waals surface area contributed by atoms with E-state index >= 15 is 0 Å². The van der Waals surface area contributed by atoms with Gasteiger partial charge in [0.25, 0.3) is 0 Å². The van der Waals surface area contributed by atoms with Crippen molar-refractivity contribution < 1.29 is 9.59 Å². The van der Waals surface area contributed by atoms with Gasteiger partial charge in [0, 0.05) is 36.2 Å². The molecule has 0 saturated carbocycles. The predicted octanol–water partition coefficient (Wildman–Crippen LogP) is 2.82. The number of hydrogen-bond acceptors (Lipinski definition) is 5. The summed E-state index contributed by atoms with van der Waals surface area (Å²) in [5.41, 5.74) is 2.13. The number of aryl methyl sites for hydroxylation is 1. The number of thiazole rings is 1. The van der Waals surface area contributed by atoms with E-state index in [1.165, 1.54) is 21.8 Å². The number of nitrogens with zero attached hydrogens (tertiary/aromatic N) is 2. The highest BCUT2D eigenvalue weighted by Crippen LogP contribution is 2.24. The van der Waals surface area contributed by atoms with E-state index in [1.807, 2.05) is 17.2 Å². The highest BCUT2D eigenvalue weighted by molar-refractivity contribution is 7.13. The third-order valence-electron chi connectivity index (χ3n) is 3.59. The van der Waals surface area contributed by atoms with Crippen LogP contribution in [0.2, 0.25) is 0 Å². The van der Waals surface area contributed by atoms with Crippen molar-refractivity contribution in [3.63, 3.8) is 0 Å². The zero-order valence-electron chi connectivity index (χ0n) is 12.3. The summed E-state index contributed by atoms with van der Waals surface area (Å²) in [6.45, 7) is 3.30. The maximum absolute atomic E-state index is 12.2. The minimum atomic E-state index is -0.157. The molecule has 22 heavy (non-hydrogen) atoms. The van der Waals surface area contributed by atoms with Gasteiger partial charge < -0.3 is 10.2 Å². The van der Waals surface area contributed by atoms with Gasteiger partial charge >= 0.3 is 0 Å². The maximum Gasteiger partial charge on any atom is 0.226 e. The van der Waals surface area contributed by atoms with Crippen LogP contribution in [-0.2, 0) is 22.6 Å². The molecular weight excluding hydrogens is 318 g/mol. The molecule has 0 saturated heterocycles. The highest BCUT2D eigenvalue weighted by atomic mass is 32.1. The van der Waals surface area contributed by atoms with Crippen molar-refractivity contribution in [3.8, 4) is 0 Å². The summed E-state index contributed by atoms with van der Waals surface area (Å²) < 4.78 is 0. The molecule has 2 aromatic heterocycles. The van der Waals surface area contributed by atoms with E-state index in [0.717, 1.165) is 18.7 Å². The van der Waals surface area contributed by atoms with Gasteiger partial charge in [-0.2, -0.15) is 0 Å². The van der Waals surface area contributed by atoms with Crippen LogP contribution in [0.4, 0.5) is 5.13 Å². The monoisotopic (exact) mass is 335 g/mol. The third kappa shape index (κ3) is 3.53. The van der Waals surface area contributed by atoms with Crippen molar-refractivity contribution in [2.24, 2.45) is 0 Å². The minimum Gasteiger partial charge on any atom is -0.338 e. The molecule has 0 aliphatic carbocycles. The van der Waals surface area contributed by atoms with E-state index in [-0.39, 0.29) is 24.7 Å². The lowest BCUT2D eigenvalue weighted by Crippen LogP contribution is -2.35. The Morgan fingerprint density at radius 1 is 1.36 bits per heavy atom. The summed E-state index contributed by atoms with van der Waals surface area (Å²) in [6, 6.07) is 2.08. The largest absolute Gasteiger partial charge is 0.338 e. The fraction of sp³-hybridized carbons (Fsp3) is 0.400. The number of hydrogen-bond donors (Lipinski definition) is 1. The molecule has 0 aromatic carbocycles. The molecule has 7 heteroatoms. The topological polar surface area (TPSA) is 62.3 Å². The molecule has 3 rings (SSSR count). The lowest BCUT2D eigenvalue weighted by molar-refractivity contribution is -0.133. The fourth-order valence-electron chi connectivity index (χ4n) is 2.43. The summed E-state index contributed by atoms with van der Waals surface area (Å²) in [5.74, 6) is -0.113. The van der Waals surface area contributed by atoms with Crippen LogP contribution >= 0.6 is 22.7 Å². The Balaban J connectivity index is 1.47. The van der Waals surface area contributed by atoms with Crippen LogP contribution in [0.25, 0.3) is 0 Å². The standard InChI is InChI=1S/C15H17N3O2S2/c1-10-9-22-15(16-10)17-13(19)2-3-14(20)18-6-4-12-11(8-18)5-7-21-12/h5,7,9H,2-4,6,8H2,1H3,(H,16,17,19). The number of amides is 2. The van der Waals surface area contributed by atoms with Gasteiger partial charge in [-0.3, -0.25) is 9.59 Å². The first-order valence-electron chi connectivity index (χ1n) is 7.17. The molecule has 1 aliphatic heterocycles. The molecule has 0 unspecified atom stereocenters. The number of anilines is 1. The van der Waals surface area contributed by atoms with Crippen LogP contribution < -0.4 is 5.32 Å². The SMILES string of the molecule is Cc1csc(NC(=O)CCC(=O)N2CCc3sccc3C2)n1. The van der Waals surface area contributed by atoms with E-state index in [9.17, 15) is 9.59 Å². The molecule has 3 heterocycles. The van der Waals surface area contributed by atoms with Gasteiger partial charge in [0.2, 0.25) is 11.8 Å². The quantitative estimate of drug-likeness (QED) is 0.934. The molecule has 0 fully saturated rings. The molecular formula is C15H17N3O2S2. The molecule has 0 radical (unpaired) electrons. The number of fused-ring (bicyclic) bond motifs is 1. The van der Waals surface area contributed by atoms with Crippen LogP contribution in [0.5, 0.6) is 0 Å². The molecule has 1 N–H and O–H groups in total. The van der Waals surface area contributed by atoms with Crippen LogP contribution in [-0.4, -0.2) is 28.2 Å². The van der Waals surface area contributed by atoms with Gasteiger partial charge in [-0.25, -0.2) is 4.98 Å². The molecule has 116 valence electrons. The van der Waals surface area contributed by atoms with Crippen LogP contribution in [0, 0.1) is 6.92 Å². The maximum atomic E-state index is 12.2. The Bertz CT molecular complexity index is 693. The van der Waals surface area contributed by atoms with E-state index in [2.05, 4.69) is 21.7 Å². The van der Waals surface area contributed by atoms with E-state index in [0.29, 0.717) is 11.7 Å². The average molecular weight is 335 g/mol. The number of thiophene rings is 1. The van der Waals surface area contributed by atoms with Crippen LogP contribution in [0.1, 0.15) is 29.0 Å². The van der Waals surface area contributed by atoms with E-state index in [1.54, 1.807) is 11.3 Å². The summed E-state index contributed by atoms with van der Waals surface area (Å²) in [7, 11) is 0. The third-order valence-corrected chi connectivity index (χ3v) is 5.49. The summed E-state index contributed by atoms with van der Waals surface area (Å²) in [5, 5.41) is 7.28. The Kier molecular flexibility index (Phi) is 4.54. The number of nitrogens with one attached hydrogen (secondary N) is 1. The second-order valence-corrected chi connectivity index (χ2v) is 7.14. The normalized spacial score (nSPS) is 13.8. The Hall–Kier alpha value is -1.73. The fourth-order valence-corrected chi connectivity index (χ4v) is 4.03. The summed E-state index contributed by atoms with van der Waals surface area (Å²) in [4.78, 5) is 31.5. The summed E-state index contributed by atoms with van der Waals surface area (Å²) >= 11 is 3.15. The van der Waals surface area contributed by atoms with Crippen molar-refractivity contribution in [1.29, 1.82) is 0 Å². The Morgan fingerprint density at radius 3 is 3.00 bits per heavy atom. The first kappa shape index (κ1) is 15.2. The lowest BCUT2D eigenvalue weighted by atomic mass is 10.1. The van der Waals surface area contributed by atoms with Gasteiger partial charge in [0.1, 0.15) is 0 Å². The van der Waals surface area contributed by atoms with Crippen molar-refractivity contribution in [2.45, 2.75) is 32.7 Å².